The van der Waals surface area contributed by atoms with Gasteiger partial charge in [0.05, 0.1) is 21.9 Å². The molecular weight excluding hydrogens is 142 g/mol. The molecule has 1 atom stereocenters. The summed E-state index contributed by atoms with van der Waals surface area (Å²) >= 11 is 0. The first-order valence-electron chi connectivity index (χ1n) is 3.86. The van der Waals surface area contributed by atoms with Gasteiger partial charge in [0.1, 0.15) is 0 Å². The zero-order valence-electron chi connectivity index (χ0n) is 6.31. The second-order valence-electron chi connectivity index (χ2n) is 2.56. The van der Waals surface area contributed by atoms with Gasteiger partial charge in [0.15, 0.2) is 0 Å². The standard InChI is InChI=1S/C7H15NOSi/c1-2-5-10-7-6-8-3-4-9-7/h2,7-8H,1,3-6,10H2. The lowest BCUT2D eigenvalue weighted by Crippen LogP contribution is -2.41. The van der Waals surface area contributed by atoms with Crippen molar-refractivity contribution in [3.05, 3.63) is 12.7 Å². The molecule has 1 aliphatic rings. The molecule has 1 aliphatic heterocycles. The summed E-state index contributed by atoms with van der Waals surface area (Å²) in [6, 6.07) is 1.20. The van der Waals surface area contributed by atoms with Crippen LogP contribution >= 0.6 is 0 Å². The van der Waals surface area contributed by atoms with Crippen molar-refractivity contribution >= 4 is 9.52 Å². The van der Waals surface area contributed by atoms with Crippen LogP contribution in [0.4, 0.5) is 0 Å². The lowest BCUT2D eigenvalue weighted by atomic mass is 10.5. The molecule has 0 aromatic carbocycles. The van der Waals surface area contributed by atoms with Crippen LogP contribution in [0.25, 0.3) is 0 Å². The number of nitrogens with one attached hydrogen (secondary N) is 1. The summed E-state index contributed by atoms with van der Waals surface area (Å²) in [6.07, 6.45) is 2.00. The number of ether oxygens (including phenoxy) is 1. The summed E-state index contributed by atoms with van der Waals surface area (Å²) in [4.78, 5) is 0. The normalized spacial score (nSPS) is 27.4. The van der Waals surface area contributed by atoms with E-state index in [1.807, 2.05) is 6.08 Å². The molecule has 0 amide bonds. The molecule has 1 unspecified atom stereocenters. The Kier molecular flexibility index (Phi) is 3.71. The van der Waals surface area contributed by atoms with E-state index in [9.17, 15) is 0 Å². The fourth-order valence-corrected chi connectivity index (χ4v) is 2.46. The van der Waals surface area contributed by atoms with Crippen LogP contribution in [0.2, 0.25) is 6.04 Å². The van der Waals surface area contributed by atoms with Crippen LogP contribution in [0, 0.1) is 0 Å². The zero-order chi connectivity index (χ0) is 7.23. The maximum Gasteiger partial charge on any atom is 0.0610 e. The Morgan fingerprint density at radius 1 is 1.80 bits per heavy atom. The molecule has 2 nitrogen and oxygen atoms in total. The number of rotatable bonds is 3. The van der Waals surface area contributed by atoms with Crippen molar-refractivity contribution in [1.82, 2.24) is 5.32 Å². The third-order valence-electron chi connectivity index (χ3n) is 1.70. The zero-order valence-corrected chi connectivity index (χ0v) is 7.72. The highest BCUT2D eigenvalue weighted by atomic mass is 28.2. The van der Waals surface area contributed by atoms with Gasteiger partial charge >= 0.3 is 0 Å². The van der Waals surface area contributed by atoms with Crippen molar-refractivity contribution in [3.8, 4) is 0 Å². The van der Waals surface area contributed by atoms with Gasteiger partial charge in [-0.2, -0.15) is 0 Å². The maximum atomic E-state index is 5.53. The molecule has 0 bridgehead atoms. The van der Waals surface area contributed by atoms with Crippen LogP contribution in [0.15, 0.2) is 12.7 Å². The molecule has 0 radical (unpaired) electrons. The largest absolute Gasteiger partial charge is 0.380 e. The van der Waals surface area contributed by atoms with Crippen molar-refractivity contribution < 1.29 is 4.74 Å². The Morgan fingerprint density at radius 2 is 2.70 bits per heavy atom. The van der Waals surface area contributed by atoms with Gasteiger partial charge in [-0.05, 0) is 6.04 Å². The summed E-state index contributed by atoms with van der Waals surface area (Å²) in [7, 11) is -0.0373. The fraction of sp³-hybridized carbons (Fsp3) is 0.714. The van der Waals surface area contributed by atoms with Crippen LogP contribution < -0.4 is 5.32 Å². The smallest absolute Gasteiger partial charge is 0.0610 e. The molecule has 0 spiro atoms. The van der Waals surface area contributed by atoms with Crippen molar-refractivity contribution in [2.45, 2.75) is 11.8 Å². The Balaban J connectivity index is 2.07. The Hall–Kier alpha value is -0.123. The van der Waals surface area contributed by atoms with E-state index < -0.39 is 0 Å². The van der Waals surface area contributed by atoms with Gasteiger partial charge in [-0.1, -0.05) is 6.08 Å². The van der Waals surface area contributed by atoms with Crippen LogP contribution in [-0.4, -0.2) is 34.9 Å². The van der Waals surface area contributed by atoms with E-state index in [2.05, 4.69) is 11.9 Å². The predicted octanol–water partition coefficient (Wildman–Crippen LogP) is -0.295. The summed E-state index contributed by atoms with van der Waals surface area (Å²) in [5.41, 5.74) is 0.562. The van der Waals surface area contributed by atoms with E-state index in [0.717, 1.165) is 19.7 Å². The van der Waals surface area contributed by atoms with Gasteiger partial charge in [-0.15, -0.1) is 6.58 Å². The van der Waals surface area contributed by atoms with Crippen LogP contribution in [-0.2, 0) is 4.74 Å². The first kappa shape index (κ1) is 7.98. The lowest BCUT2D eigenvalue weighted by Gasteiger charge is -2.22. The molecule has 0 aromatic heterocycles. The highest BCUT2D eigenvalue weighted by Crippen LogP contribution is 1.96. The van der Waals surface area contributed by atoms with Crippen LogP contribution in [0.5, 0.6) is 0 Å². The topological polar surface area (TPSA) is 21.3 Å². The average molecular weight is 157 g/mol. The number of hydrogen-bond donors (Lipinski definition) is 1. The first-order chi connectivity index (χ1) is 4.93. The number of morpholine rings is 1. The SMILES string of the molecule is C=CC[SiH2]C1CNCCO1. The highest BCUT2D eigenvalue weighted by Gasteiger charge is 2.11. The molecule has 1 heterocycles. The quantitative estimate of drug-likeness (QED) is 0.449. The van der Waals surface area contributed by atoms with Crippen LogP contribution in [0.1, 0.15) is 0 Å². The fourth-order valence-electron chi connectivity index (χ4n) is 1.11. The lowest BCUT2D eigenvalue weighted by molar-refractivity contribution is 0.0777. The van der Waals surface area contributed by atoms with Crippen molar-refractivity contribution in [3.63, 3.8) is 0 Å². The molecular formula is C7H15NOSi. The van der Waals surface area contributed by atoms with Crippen molar-refractivity contribution in [2.24, 2.45) is 0 Å². The molecule has 0 aliphatic carbocycles. The molecule has 3 heteroatoms. The average Bonchev–Trinajstić information content (AvgIpc) is 2.03. The van der Waals surface area contributed by atoms with Crippen LogP contribution in [0.3, 0.4) is 0 Å². The van der Waals surface area contributed by atoms with Gasteiger partial charge in [0, 0.05) is 13.1 Å². The number of allylic oxidation sites excluding steroid dienone is 1. The third kappa shape index (κ3) is 2.64. The van der Waals surface area contributed by atoms with E-state index >= 15 is 0 Å². The molecule has 10 heavy (non-hydrogen) atoms. The second-order valence-corrected chi connectivity index (χ2v) is 4.63. The summed E-state index contributed by atoms with van der Waals surface area (Å²) in [5.74, 6) is 0. The Labute approximate surface area is 64.5 Å². The molecule has 1 rings (SSSR count). The molecule has 58 valence electrons. The van der Waals surface area contributed by atoms with Gasteiger partial charge in [-0.25, -0.2) is 0 Å². The summed E-state index contributed by atoms with van der Waals surface area (Å²) < 4.78 is 5.53. The van der Waals surface area contributed by atoms with E-state index in [4.69, 9.17) is 4.74 Å². The minimum absolute atomic E-state index is 0.0373. The molecule has 1 fully saturated rings. The molecule has 1 saturated heterocycles. The molecule has 1 N–H and O–H groups in total. The predicted molar refractivity (Wildman–Crippen MR) is 46.2 cm³/mol. The monoisotopic (exact) mass is 157 g/mol. The van der Waals surface area contributed by atoms with Gasteiger partial charge in [0.25, 0.3) is 0 Å². The molecule has 0 aromatic rings. The van der Waals surface area contributed by atoms with Crippen molar-refractivity contribution in [2.75, 3.05) is 19.7 Å². The van der Waals surface area contributed by atoms with Gasteiger partial charge < -0.3 is 10.1 Å². The first-order valence-corrected chi connectivity index (χ1v) is 5.68. The van der Waals surface area contributed by atoms with E-state index in [-0.39, 0.29) is 9.52 Å². The highest BCUT2D eigenvalue weighted by molar-refractivity contribution is 6.38. The van der Waals surface area contributed by atoms with E-state index in [0.29, 0.717) is 5.73 Å². The van der Waals surface area contributed by atoms with E-state index in [1.54, 1.807) is 0 Å². The summed E-state index contributed by atoms with van der Waals surface area (Å²) in [6.45, 7) is 6.70. The van der Waals surface area contributed by atoms with Crippen molar-refractivity contribution in [1.29, 1.82) is 0 Å². The number of hydrogen-bond acceptors (Lipinski definition) is 2. The Morgan fingerprint density at radius 3 is 3.30 bits per heavy atom. The Bertz CT molecular complexity index is 102. The second kappa shape index (κ2) is 4.66. The maximum absolute atomic E-state index is 5.53. The minimum atomic E-state index is -0.0373. The van der Waals surface area contributed by atoms with E-state index in [1.165, 1.54) is 6.04 Å². The summed E-state index contributed by atoms with van der Waals surface area (Å²) in [5, 5.41) is 3.32. The third-order valence-corrected chi connectivity index (χ3v) is 3.61. The van der Waals surface area contributed by atoms with Gasteiger partial charge in [-0.3, -0.25) is 0 Å². The molecule has 0 saturated carbocycles. The minimum Gasteiger partial charge on any atom is -0.380 e. The van der Waals surface area contributed by atoms with Gasteiger partial charge in [0.2, 0.25) is 0 Å².